The first-order valence-corrected chi connectivity index (χ1v) is 12.7. The van der Waals surface area contributed by atoms with Crippen molar-refractivity contribution in [3.63, 3.8) is 0 Å². The molecule has 0 radical (unpaired) electrons. The van der Waals surface area contributed by atoms with Crippen LogP contribution < -0.4 is 10.2 Å². The van der Waals surface area contributed by atoms with Gasteiger partial charge in [0.1, 0.15) is 11.5 Å². The lowest BCUT2D eigenvalue weighted by Crippen LogP contribution is -2.50. The van der Waals surface area contributed by atoms with Crippen LogP contribution in [0.25, 0.3) is 17.4 Å². The molecule has 188 valence electrons. The van der Waals surface area contributed by atoms with Crippen molar-refractivity contribution in [2.24, 2.45) is 5.92 Å². The molecular formula is C27H26Cl3N3O3. The van der Waals surface area contributed by atoms with Crippen molar-refractivity contribution < 1.29 is 14.0 Å². The Labute approximate surface area is 225 Å². The average Bonchev–Trinajstić information content (AvgIpc) is 3.31. The van der Waals surface area contributed by atoms with Crippen LogP contribution in [0, 0.1) is 5.92 Å². The summed E-state index contributed by atoms with van der Waals surface area (Å²) in [5.74, 6) is 0.936. The molecule has 4 rings (SSSR count). The topological polar surface area (TPSA) is 65.8 Å². The number of carbonyl (C=O) groups is 2. The van der Waals surface area contributed by atoms with Crippen LogP contribution >= 0.6 is 34.8 Å². The zero-order valence-electron chi connectivity index (χ0n) is 19.9. The standard InChI is InChI=1S/C27H26Cl3N3O3/c1-17(2)27(35)33-13-11-32(12-14-33)24-8-4-19(16-23(24)30)31-26(34)10-6-20-5-9-25(36-20)21-7-3-18(28)15-22(21)29/h3-10,15-17H,11-14H2,1-2H3,(H,31,34)/b10-6+. The molecule has 1 saturated heterocycles. The zero-order valence-corrected chi connectivity index (χ0v) is 22.2. The number of rotatable bonds is 6. The third-order valence-electron chi connectivity index (χ3n) is 5.86. The fraction of sp³-hybridized carbons (Fsp3) is 0.259. The van der Waals surface area contributed by atoms with E-state index in [1.807, 2.05) is 30.9 Å². The number of anilines is 2. The number of nitrogens with one attached hydrogen (secondary N) is 1. The number of nitrogens with zero attached hydrogens (tertiary/aromatic N) is 2. The third-order valence-corrected chi connectivity index (χ3v) is 6.71. The summed E-state index contributed by atoms with van der Waals surface area (Å²) < 4.78 is 5.78. The second-order valence-electron chi connectivity index (χ2n) is 8.78. The second-order valence-corrected chi connectivity index (χ2v) is 10.0. The second kappa shape index (κ2) is 11.4. The fourth-order valence-corrected chi connectivity index (χ4v) is 4.79. The van der Waals surface area contributed by atoms with Crippen molar-refractivity contribution in [3.05, 3.63) is 75.4 Å². The normalized spacial score (nSPS) is 14.1. The van der Waals surface area contributed by atoms with E-state index in [1.165, 1.54) is 6.08 Å². The van der Waals surface area contributed by atoms with Gasteiger partial charge in [0.25, 0.3) is 0 Å². The molecule has 0 atom stereocenters. The molecule has 0 aliphatic carbocycles. The van der Waals surface area contributed by atoms with Gasteiger partial charge in [-0.1, -0.05) is 48.7 Å². The molecular weight excluding hydrogens is 521 g/mol. The Balaban J connectivity index is 1.35. The Bertz CT molecular complexity index is 1290. The Hall–Kier alpha value is -2.93. The molecule has 0 unspecified atom stereocenters. The predicted molar refractivity (Wildman–Crippen MR) is 147 cm³/mol. The van der Waals surface area contributed by atoms with Crippen molar-refractivity contribution in [1.29, 1.82) is 0 Å². The summed E-state index contributed by atoms with van der Waals surface area (Å²) in [5, 5.41) is 4.38. The number of halogens is 3. The number of carbonyl (C=O) groups excluding carboxylic acids is 2. The van der Waals surface area contributed by atoms with E-state index in [4.69, 9.17) is 39.2 Å². The molecule has 2 heterocycles. The van der Waals surface area contributed by atoms with Crippen LogP contribution in [0.1, 0.15) is 19.6 Å². The van der Waals surface area contributed by atoms with Crippen LogP contribution in [0.15, 0.2) is 59.0 Å². The highest BCUT2D eigenvalue weighted by molar-refractivity contribution is 6.36. The first kappa shape index (κ1) is 26.1. The van der Waals surface area contributed by atoms with Crippen molar-refractivity contribution in [2.75, 3.05) is 36.4 Å². The smallest absolute Gasteiger partial charge is 0.248 e. The maximum Gasteiger partial charge on any atom is 0.248 e. The maximum atomic E-state index is 12.4. The summed E-state index contributed by atoms with van der Waals surface area (Å²) in [4.78, 5) is 28.7. The first-order valence-electron chi connectivity index (χ1n) is 11.6. The van der Waals surface area contributed by atoms with Gasteiger partial charge in [-0.25, -0.2) is 0 Å². The van der Waals surface area contributed by atoms with Crippen LogP contribution in [-0.4, -0.2) is 42.9 Å². The molecule has 1 fully saturated rings. The van der Waals surface area contributed by atoms with Gasteiger partial charge in [0.05, 0.1) is 15.7 Å². The van der Waals surface area contributed by atoms with Crippen molar-refractivity contribution >= 4 is 64.1 Å². The molecule has 3 aromatic rings. The van der Waals surface area contributed by atoms with Crippen LogP contribution in [0.2, 0.25) is 15.1 Å². The highest BCUT2D eigenvalue weighted by Crippen LogP contribution is 2.32. The monoisotopic (exact) mass is 545 g/mol. The molecule has 1 N–H and O–H groups in total. The molecule has 1 aromatic heterocycles. The minimum atomic E-state index is -0.317. The number of benzene rings is 2. The Morgan fingerprint density at radius 2 is 1.69 bits per heavy atom. The summed E-state index contributed by atoms with van der Waals surface area (Å²) in [6.45, 7) is 6.57. The highest BCUT2D eigenvalue weighted by Gasteiger charge is 2.24. The minimum absolute atomic E-state index is 0.00565. The van der Waals surface area contributed by atoms with Gasteiger partial charge < -0.3 is 19.5 Å². The van der Waals surface area contributed by atoms with E-state index in [9.17, 15) is 9.59 Å². The van der Waals surface area contributed by atoms with Crippen molar-refractivity contribution in [2.45, 2.75) is 13.8 Å². The minimum Gasteiger partial charge on any atom is -0.457 e. The van der Waals surface area contributed by atoms with Gasteiger partial charge in [-0.3, -0.25) is 9.59 Å². The lowest BCUT2D eigenvalue weighted by molar-refractivity contribution is -0.134. The number of hydrogen-bond donors (Lipinski definition) is 1. The number of hydrogen-bond acceptors (Lipinski definition) is 4. The zero-order chi connectivity index (χ0) is 25.8. The van der Waals surface area contributed by atoms with Crippen LogP contribution in [0.5, 0.6) is 0 Å². The molecule has 9 heteroatoms. The average molecular weight is 547 g/mol. The van der Waals surface area contributed by atoms with Crippen LogP contribution in [0.3, 0.4) is 0 Å². The van der Waals surface area contributed by atoms with Gasteiger partial charge in [-0.2, -0.15) is 0 Å². The molecule has 1 aliphatic rings. The van der Waals surface area contributed by atoms with E-state index in [0.29, 0.717) is 64.0 Å². The van der Waals surface area contributed by atoms with E-state index >= 15 is 0 Å². The maximum absolute atomic E-state index is 12.4. The van der Waals surface area contributed by atoms with E-state index in [1.54, 1.807) is 42.5 Å². The quantitative estimate of drug-likeness (QED) is 0.343. The highest BCUT2D eigenvalue weighted by atomic mass is 35.5. The van der Waals surface area contributed by atoms with Crippen molar-refractivity contribution in [3.8, 4) is 11.3 Å². The lowest BCUT2D eigenvalue weighted by Gasteiger charge is -2.37. The summed E-state index contributed by atoms with van der Waals surface area (Å²) in [5.41, 5.74) is 2.18. The largest absolute Gasteiger partial charge is 0.457 e. The third kappa shape index (κ3) is 6.25. The van der Waals surface area contributed by atoms with Gasteiger partial charge in [-0.05, 0) is 54.6 Å². The molecule has 0 bridgehead atoms. The summed E-state index contributed by atoms with van der Waals surface area (Å²) >= 11 is 18.7. The number of furan rings is 1. The molecule has 2 amide bonds. The molecule has 0 spiro atoms. The summed E-state index contributed by atoms with van der Waals surface area (Å²) in [7, 11) is 0. The first-order chi connectivity index (χ1) is 17.2. The van der Waals surface area contributed by atoms with Crippen LogP contribution in [0.4, 0.5) is 11.4 Å². The SMILES string of the molecule is CC(C)C(=O)N1CCN(c2ccc(NC(=O)/C=C/c3ccc(-c4ccc(Cl)cc4Cl)o3)cc2Cl)CC1. The lowest BCUT2D eigenvalue weighted by atomic mass is 10.1. The summed E-state index contributed by atoms with van der Waals surface area (Å²) in [6.07, 6.45) is 2.97. The molecule has 36 heavy (non-hydrogen) atoms. The van der Waals surface area contributed by atoms with E-state index < -0.39 is 0 Å². The van der Waals surface area contributed by atoms with Gasteiger partial charge in [0, 0.05) is 54.4 Å². The van der Waals surface area contributed by atoms with Gasteiger partial charge in [0.2, 0.25) is 11.8 Å². The van der Waals surface area contributed by atoms with E-state index in [2.05, 4.69) is 10.2 Å². The van der Waals surface area contributed by atoms with Gasteiger partial charge in [-0.15, -0.1) is 0 Å². The Kier molecular flexibility index (Phi) is 8.29. The van der Waals surface area contributed by atoms with E-state index in [0.717, 1.165) is 5.69 Å². The predicted octanol–water partition coefficient (Wildman–Crippen LogP) is 6.86. The Morgan fingerprint density at radius 3 is 2.36 bits per heavy atom. The Morgan fingerprint density at radius 1 is 0.944 bits per heavy atom. The molecule has 2 aromatic carbocycles. The number of amides is 2. The van der Waals surface area contributed by atoms with E-state index in [-0.39, 0.29) is 17.7 Å². The van der Waals surface area contributed by atoms with Crippen LogP contribution in [-0.2, 0) is 9.59 Å². The summed E-state index contributed by atoms with van der Waals surface area (Å²) in [6, 6.07) is 14.1. The van der Waals surface area contributed by atoms with Gasteiger partial charge in [0.15, 0.2) is 0 Å². The van der Waals surface area contributed by atoms with Crippen molar-refractivity contribution in [1.82, 2.24) is 4.90 Å². The molecule has 6 nitrogen and oxygen atoms in total. The fourth-order valence-electron chi connectivity index (χ4n) is 3.99. The van der Waals surface area contributed by atoms with Gasteiger partial charge >= 0.3 is 0 Å². The molecule has 1 aliphatic heterocycles. The number of piperazine rings is 1. The molecule has 0 saturated carbocycles.